The second-order valence-electron chi connectivity index (χ2n) is 5.85. The number of aromatic nitrogens is 2. The number of nitrogens with one attached hydrogen (secondary N) is 1. The summed E-state index contributed by atoms with van der Waals surface area (Å²) in [6.07, 6.45) is 7.22. The van der Waals surface area contributed by atoms with Gasteiger partial charge in [-0.05, 0) is 47.9 Å². The number of ether oxygens (including phenoxy) is 1. The maximum Gasteiger partial charge on any atom is 0.248 e. The number of fused-ring (bicyclic) bond motifs is 1. The summed E-state index contributed by atoms with van der Waals surface area (Å²) in [5.74, 6) is 0.384. The van der Waals surface area contributed by atoms with E-state index in [2.05, 4.69) is 10.3 Å². The highest BCUT2D eigenvalue weighted by Gasteiger charge is 2.10. The van der Waals surface area contributed by atoms with Crippen LogP contribution in [0.4, 0.5) is 5.69 Å². The SMILES string of the molecule is COc1ccc(-c2cn3ccccc3n2)cc1NC(=O)/C=C/c1cccs1. The van der Waals surface area contributed by atoms with Crippen molar-refractivity contribution in [2.45, 2.75) is 0 Å². The van der Waals surface area contributed by atoms with Crippen molar-refractivity contribution in [2.75, 3.05) is 12.4 Å². The Labute approximate surface area is 160 Å². The molecule has 27 heavy (non-hydrogen) atoms. The lowest BCUT2D eigenvalue weighted by Gasteiger charge is -2.10. The lowest BCUT2D eigenvalue weighted by molar-refractivity contribution is -0.111. The number of imidazole rings is 1. The lowest BCUT2D eigenvalue weighted by atomic mass is 10.1. The van der Waals surface area contributed by atoms with Crippen LogP contribution in [0.5, 0.6) is 5.75 Å². The number of amides is 1. The van der Waals surface area contributed by atoms with E-state index in [4.69, 9.17) is 4.74 Å². The topological polar surface area (TPSA) is 55.6 Å². The Bertz CT molecular complexity index is 1080. The van der Waals surface area contributed by atoms with E-state index in [0.717, 1.165) is 21.8 Å². The average molecular weight is 375 g/mol. The van der Waals surface area contributed by atoms with Gasteiger partial charge in [-0.1, -0.05) is 12.1 Å². The van der Waals surface area contributed by atoms with E-state index in [1.54, 1.807) is 24.5 Å². The van der Waals surface area contributed by atoms with Crippen molar-refractivity contribution in [3.8, 4) is 17.0 Å². The minimum atomic E-state index is -0.214. The minimum Gasteiger partial charge on any atom is -0.495 e. The second kappa shape index (κ2) is 7.47. The molecule has 3 heterocycles. The van der Waals surface area contributed by atoms with Crippen LogP contribution in [0.1, 0.15) is 4.88 Å². The first-order chi connectivity index (χ1) is 13.2. The van der Waals surface area contributed by atoms with E-state index < -0.39 is 0 Å². The molecular weight excluding hydrogens is 358 g/mol. The molecule has 0 bridgehead atoms. The number of hydrogen-bond donors (Lipinski definition) is 1. The molecule has 0 saturated carbocycles. The predicted molar refractivity (Wildman–Crippen MR) is 109 cm³/mol. The van der Waals surface area contributed by atoms with Crippen molar-refractivity contribution in [2.24, 2.45) is 0 Å². The largest absolute Gasteiger partial charge is 0.495 e. The van der Waals surface area contributed by atoms with Crippen LogP contribution in [0.15, 0.2) is 72.4 Å². The minimum absolute atomic E-state index is 0.214. The number of hydrogen-bond acceptors (Lipinski definition) is 4. The number of rotatable bonds is 5. The van der Waals surface area contributed by atoms with E-state index in [9.17, 15) is 4.79 Å². The van der Waals surface area contributed by atoms with Gasteiger partial charge in [-0.15, -0.1) is 11.3 Å². The normalized spacial score (nSPS) is 11.1. The Morgan fingerprint density at radius 1 is 1.22 bits per heavy atom. The molecule has 3 aromatic heterocycles. The maximum atomic E-state index is 12.3. The number of benzene rings is 1. The predicted octanol–water partition coefficient (Wildman–Crippen LogP) is 4.72. The number of methoxy groups -OCH3 is 1. The highest BCUT2D eigenvalue weighted by atomic mass is 32.1. The van der Waals surface area contributed by atoms with Crippen LogP contribution < -0.4 is 10.1 Å². The van der Waals surface area contributed by atoms with E-state index in [1.807, 2.05) is 70.7 Å². The molecule has 1 N–H and O–H groups in total. The van der Waals surface area contributed by atoms with Gasteiger partial charge in [0.15, 0.2) is 0 Å². The van der Waals surface area contributed by atoms with Gasteiger partial charge in [0.2, 0.25) is 5.91 Å². The van der Waals surface area contributed by atoms with Crippen molar-refractivity contribution in [3.05, 3.63) is 77.3 Å². The first kappa shape index (κ1) is 17.1. The fraction of sp³-hybridized carbons (Fsp3) is 0.0476. The van der Waals surface area contributed by atoms with Gasteiger partial charge < -0.3 is 14.5 Å². The van der Waals surface area contributed by atoms with Gasteiger partial charge in [-0.3, -0.25) is 4.79 Å². The van der Waals surface area contributed by atoms with E-state index in [-0.39, 0.29) is 5.91 Å². The Morgan fingerprint density at radius 2 is 2.15 bits per heavy atom. The van der Waals surface area contributed by atoms with Crippen molar-refractivity contribution in [1.29, 1.82) is 0 Å². The van der Waals surface area contributed by atoms with Gasteiger partial charge in [0, 0.05) is 28.9 Å². The summed E-state index contributed by atoms with van der Waals surface area (Å²) in [5.41, 5.74) is 3.20. The van der Waals surface area contributed by atoms with Gasteiger partial charge >= 0.3 is 0 Å². The molecule has 0 spiro atoms. The molecular formula is C21H17N3O2S. The van der Waals surface area contributed by atoms with Gasteiger partial charge in [0.1, 0.15) is 11.4 Å². The smallest absolute Gasteiger partial charge is 0.248 e. The fourth-order valence-electron chi connectivity index (χ4n) is 2.76. The quantitative estimate of drug-likeness (QED) is 0.513. The second-order valence-corrected chi connectivity index (χ2v) is 6.82. The lowest BCUT2D eigenvalue weighted by Crippen LogP contribution is -2.09. The Morgan fingerprint density at radius 3 is 2.93 bits per heavy atom. The number of carbonyl (C=O) groups excluding carboxylic acids is 1. The molecule has 0 aliphatic rings. The molecule has 0 saturated heterocycles. The number of pyridine rings is 1. The summed E-state index contributed by atoms with van der Waals surface area (Å²) in [6, 6.07) is 15.4. The fourth-order valence-corrected chi connectivity index (χ4v) is 3.38. The Balaban J connectivity index is 1.61. The zero-order valence-electron chi connectivity index (χ0n) is 14.6. The number of carbonyl (C=O) groups is 1. The summed E-state index contributed by atoms with van der Waals surface area (Å²) < 4.78 is 7.34. The summed E-state index contributed by atoms with van der Waals surface area (Å²) in [6.45, 7) is 0. The standard InChI is InChI=1S/C21H17N3O2S/c1-26-19-9-7-15(18-14-24-11-3-2-6-20(24)22-18)13-17(19)23-21(25)10-8-16-5-4-12-27-16/h2-14H,1H3,(H,23,25)/b10-8+. The number of thiophene rings is 1. The summed E-state index contributed by atoms with van der Waals surface area (Å²) in [4.78, 5) is 17.9. The molecule has 4 rings (SSSR count). The Kier molecular flexibility index (Phi) is 4.72. The van der Waals surface area contributed by atoms with E-state index >= 15 is 0 Å². The molecule has 5 nitrogen and oxygen atoms in total. The zero-order valence-corrected chi connectivity index (χ0v) is 15.4. The van der Waals surface area contributed by atoms with Crippen LogP contribution >= 0.6 is 11.3 Å². The summed E-state index contributed by atoms with van der Waals surface area (Å²) in [5, 5.41) is 4.86. The van der Waals surface area contributed by atoms with E-state index in [0.29, 0.717) is 11.4 Å². The monoisotopic (exact) mass is 375 g/mol. The van der Waals surface area contributed by atoms with Crippen molar-refractivity contribution in [1.82, 2.24) is 9.38 Å². The molecule has 4 aromatic rings. The molecule has 0 aliphatic heterocycles. The van der Waals surface area contributed by atoms with Crippen LogP contribution in [0.2, 0.25) is 0 Å². The Hall–Kier alpha value is -3.38. The first-order valence-corrected chi connectivity index (χ1v) is 9.25. The number of anilines is 1. The van der Waals surface area contributed by atoms with Crippen molar-refractivity contribution >= 4 is 34.7 Å². The third-order valence-corrected chi connectivity index (χ3v) is 4.90. The van der Waals surface area contributed by atoms with Crippen LogP contribution in [0.3, 0.4) is 0 Å². The molecule has 6 heteroatoms. The van der Waals surface area contributed by atoms with Gasteiger partial charge in [-0.25, -0.2) is 4.98 Å². The highest BCUT2D eigenvalue weighted by molar-refractivity contribution is 7.10. The van der Waals surface area contributed by atoms with Crippen LogP contribution in [0.25, 0.3) is 23.0 Å². The molecule has 0 aliphatic carbocycles. The third kappa shape index (κ3) is 3.75. The molecule has 134 valence electrons. The number of nitrogens with zero attached hydrogens (tertiary/aromatic N) is 2. The molecule has 0 atom stereocenters. The van der Waals surface area contributed by atoms with Gasteiger partial charge in [-0.2, -0.15) is 0 Å². The summed E-state index contributed by atoms with van der Waals surface area (Å²) >= 11 is 1.58. The average Bonchev–Trinajstić information content (AvgIpc) is 3.35. The molecule has 1 amide bonds. The van der Waals surface area contributed by atoms with Crippen LogP contribution in [0, 0.1) is 0 Å². The molecule has 0 radical (unpaired) electrons. The molecule has 1 aromatic carbocycles. The molecule has 0 fully saturated rings. The van der Waals surface area contributed by atoms with Crippen molar-refractivity contribution < 1.29 is 9.53 Å². The van der Waals surface area contributed by atoms with Crippen molar-refractivity contribution in [3.63, 3.8) is 0 Å². The first-order valence-electron chi connectivity index (χ1n) is 8.37. The van der Waals surface area contributed by atoms with Crippen LogP contribution in [-0.2, 0) is 4.79 Å². The summed E-state index contributed by atoms with van der Waals surface area (Å²) in [7, 11) is 1.58. The highest BCUT2D eigenvalue weighted by Crippen LogP contribution is 2.30. The van der Waals surface area contributed by atoms with Gasteiger partial charge in [0.05, 0.1) is 18.5 Å². The van der Waals surface area contributed by atoms with Crippen LogP contribution in [-0.4, -0.2) is 22.4 Å². The zero-order chi connectivity index (χ0) is 18.6. The van der Waals surface area contributed by atoms with E-state index in [1.165, 1.54) is 6.08 Å². The van der Waals surface area contributed by atoms with Gasteiger partial charge in [0.25, 0.3) is 0 Å². The third-order valence-electron chi connectivity index (χ3n) is 4.06. The maximum absolute atomic E-state index is 12.3. The molecule has 0 unspecified atom stereocenters.